The number of aromatic nitrogens is 3. The molecule has 0 aliphatic rings. The van der Waals surface area contributed by atoms with Crippen molar-refractivity contribution in [2.75, 3.05) is 11.9 Å². The Morgan fingerprint density at radius 2 is 2.04 bits per heavy atom. The molecule has 0 fully saturated rings. The minimum Gasteiger partial charge on any atom is -0.462 e. The lowest BCUT2D eigenvalue weighted by atomic mass is 10.1. The second-order valence-electron chi connectivity index (χ2n) is 5.27. The first-order valence-electron chi connectivity index (χ1n) is 7.75. The van der Waals surface area contributed by atoms with Gasteiger partial charge in [0.05, 0.1) is 18.0 Å². The van der Waals surface area contributed by atoms with E-state index in [0.717, 1.165) is 11.3 Å². The number of thiazole rings is 1. The van der Waals surface area contributed by atoms with Crippen molar-refractivity contribution in [1.82, 2.24) is 15.0 Å². The standard InChI is InChI=1S/C17H15FN4O3S/c1-3-25-15(24)14-9(2)19-17(26-14)22-16-20-12(8-13(23)21-16)10-4-6-11(18)7-5-10/h4-8H,3H2,1-2H3,(H2,19,20,21,22,23). The molecule has 26 heavy (non-hydrogen) atoms. The summed E-state index contributed by atoms with van der Waals surface area (Å²) < 4.78 is 18.0. The molecule has 0 saturated carbocycles. The van der Waals surface area contributed by atoms with Crippen molar-refractivity contribution in [3.05, 3.63) is 57.1 Å². The molecule has 0 spiro atoms. The molecule has 0 aliphatic heterocycles. The summed E-state index contributed by atoms with van der Waals surface area (Å²) in [7, 11) is 0. The van der Waals surface area contributed by atoms with Crippen LogP contribution in [0.1, 0.15) is 22.3 Å². The van der Waals surface area contributed by atoms with Crippen LogP contribution in [0.15, 0.2) is 35.1 Å². The van der Waals surface area contributed by atoms with E-state index in [1.54, 1.807) is 13.8 Å². The highest BCUT2D eigenvalue weighted by atomic mass is 32.1. The SMILES string of the molecule is CCOC(=O)c1sc(Nc2nc(-c3ccc(F)cc3)cc(=O)[nH]2)nc1C. The smallest absolute Gasteiger partial charge is 0.350 e. The van der Waals surface area contributed by atoms with Crippen LogP contribution in [0.3, 0.4) is 0 Å². The Hall–Kier alpha value is -3.07. The second-order valence-corrected chi connectivity index (χ2v) is 6.26. The zero-order chi connectivity index (χ0) is 18.7. The summed E-state index contributed by atoms with van der Waals surface area (Å²) in [4.78, 5) is 35.3. The maximum absolute atomic E-state index is 13.1. The largest absolute Gasteiger partial charge is 0.462 e. The second kappa shape index (κ2) is 7.44. The number of halogens is 1. The number of hydrogen-bond acceptors (Lipinski definition) is 7. The lowest BCUT2D eigenvalue weighted by Crippen LogP contribution is -2.10. The Morgan fingerprint density at radius 3 is 2.73 bits per heavy atom. The number of hydrogen-bond donors (Lipinski definition) is 2. The molecule has 2 N–H and O–H groups in total. The van der Waals surface area contributed by atoms with Crippen LogP contribution < -0.4 is 10.9 Å². The quantitative estimate of drug-likeness (QED) is 0.666. The molecule has 3 rings (SSSR count). The molecule has 0 unspecified atom stereocenters. The molecule has 0 atom stereocenters. The van der Waals surface area contributed by atoms with Crippen molar-refractivity contribution < 1.29 is 13.9 Å². The Labute approximate surface area is 151 Å². The molecular weight excluding hydrogens is 359 g/mol. The van der Waals surface area contributed by atoms with Crippen LogP contribution in [0.4, 0.5) is 15.5 Å². The molecular formula is C17H15FN4O3S. The first-order chi connectivity index (χ1) is 12.5. The number of aromatic amines is 1. The molecule has 2 aromatic heterocycles. The van der Waals surface area contributed by atoms with Gasteiger partial charge in [-0.3, -0.25) is 9.78 Å². The third-order valence-electron chi connectivity index (χ3n) is 3.36. The Morgan fingerprint density at radius 1 is 1.31 bits per heavy atom. The van der Waals surface area contributed by atoms with E-state index in [-0.39, 0.29) is 23.9 Å². The summed E-state index contributed by atoms with van der Waals surface area (Å²) in [5.41, 5.74) is 1.13. The van der Waals surface area contributed by atoms with Gasteiger partial charge in [0, 0.05) is 11.6 Å². The third kappa shape index (κ3) is 3.94. The van der Waals surface area contributed by atoms with Crippen molar-refractivity contribution in [3.8, 4) is 11.3 Å². The van der Waals surface area contributed by atoms with Crippen molar-refractivity contribution >= 4 is 28.4 Å². The normalized spacial score (nSPS) is 10.6. The predicted octanol–water partition coefficient (Wildman–Crippen LogP) is 3.26. The van der Waals surface area contributed by atoms with Crippen LogP contribution in [0.2, 0.25) is 0 Å². The lowest BCUT2D eigenvalue weighted by molar-refractivity contribution is 0.0531. The van der Waals surface area contributed by atoms with Crippen LogP contribution in [-0.2, 0) is 4.74 Å². The number of esters is 1. The van der Waals surface area contributed by atoms with Gasteiger partial charge in [0.25, 0.3) is 5.56 Å². The molecule has 7 nitrogen and oxygen atoms in total. The average Bonchev–Trinajstić information content (AvgIpc) is 2.95. The maximum atomic E-state index is 13.1. The molecule has 9 heteroatoms. The lowest BCUT2D eigenvalue weighted by Gasteiger charge is -2.05. The minimum atomic E-state index is -0.447. The van der Waals surface area contributed by atoms with Crippen molar-refractivity contribution in [2.45, 2.75) is 13.8 Å². The molecule has 1 aromatic carbocycles. The summed E-state index contributed by atoms with van der Waals surface area (Å²) in [5, 5.41) is 3.28. The highest BCUT2D eigenvalue weighted by Gasteiger charge is 2.17. The number of benzene rings is 1. The van der Waals surface area contributed by atoms with E-state index >= 15 is 0 Å². The fourth-order valence-electron chi connectivity index (χ4n) is 2.22. The fraction of sp³-hybridized carbons (Fsp3) is 0.176. The number of aryl methyl sites for hydroxylation is 1. The monoisotopic (exact) mass is 374 g/mol. The van der Waals surface area contributed by atoms with Gasteiger partial charge in [-0.15, -0.1) is 0 Å². The number of nitrogens with zero attached hydrogens (tertiary/aromatic N) is 2. The Bertz CT molecular complexity index is 998. The van der Waals surface area contributed by atoms with E-state index in [1.165, 1.54) is 30.3 Å². The summed E-state index contributed by atoms with van der Waals surface area (Å²) in [6.45, 7) is 3.69. The number of rotatable bonds is 5. The van der Waals surface area contributed by atoms with E-state index < -0.39 is 5.97 Å². The first kappa shape index (κ1) is 17.7. The fourth-order valence-corrected chi connectivity index (χ4v) is 3.08. The van der Waals surface area contributed by atoms with E-state index in [9.17, 15) is 14.0 Å². The zero-order valence-corrected chi connectivity index (χ0v) is 14.8. The molecule has 0 radical (unpaired) electrons. The van der Waals surface area contributed by atoms with Gasteiger partial charge in [-0.25, -0.2) is 19.2 Å². The van der Waals surface area contributed by atoms with E-state index in [0.29, 0.717) is 27.0 Å². The number of carbonyl (C=O) groups excluding carboxylic acids is 1. The highest BCUT2D eigenvalue weighted by Crippen LogP contribution is 2.26. The summed E-state index contributed by atoms with van der Waals surface area (Å²) in [5.74, 6) is -0.653. The van der Waals surface area contributed by atoms with E-state index in [4.69, 9.17) is 4.74 Å². The summed E-state index contributed by atoms with van der Waals surface area (Å²) in [6, 6.07) is 6.97. The van der Waals surface area contributed by atoms with Crippen LogP contribution in [-0.4, -0.2) is 27.5 Å². The number of nitrogens with one attached hydrogen (secondary N) is 2. The maximum Gasteiger partial charge on any atom is 0.350 e. The minimum absolute atomic E-state index is 0.168. The van der Waals surface area contributed by atoms with Crippen molar-refractivity contribution in [3.63, 3.8) is 0 Å². The van der Waals surface area contributed by atoms with Gasteiger partial charge in [-0.1, -0.05) is 11.3 Å². The van der Waals surface area contributed by atoms with Crippen LogP contribution >= 0.6 is 11.3 Å². The molecule has 0 amide bonds. The van der Waals surface area contributed by atoms with Crippen molar-refractivity contribution in [2.24, 2.45) is 0 Å². The van der Waals surface area contributed by atoms with Gasteiger partial charge in [-0.2, -0.15) is 0 Å². The van der Waals surface area contributed by atoms with Gasteiger partial charge >= 0.3 is 5.97 Å². The average molecular weight is 374 g/mol. The molecule has 0 bridgehead atoms. The van der Waals surface area contributed by atoms with E-state index in [2.05, 4.69) is 20.3 Å². The molecule has 0 aliphatic carbocycles. The van der Waals surface area contributed by atoms with E-state index in [1.807, 2.05) is 0 Å². The van der Waals surface area contributed by atoms with Gasteiger partial charge in [0.2, 0.25) is 5.95 Å². The molecule has 2 heterocycles. The highest BCUT2D eigenvalue weighted by molar-refractivity contribution is 7.17. The van der Waals surface area contributed by atoms with Crippen LogP contribution in [0.25, 0.3) is 11.3 Å². The van der Waals surface area contributed by atoms with Crippen LogP contribution in [0.5, 0.6) is 0 Å². The van der Waals surface area contributed by atoms with Gasteiger partial charge in [0.15, 0.2) is 5.13 Å². The van der Waals surface area contributed by atoms with Crippen molar-refractivity contribution in [1.29, 1.82) is 0 Å². The van der Waals surface area contributed by atoms with Gasteiger partial charge in [0.1, 0.15) is 10.7 Å². The number of H-pyrrole nitrogens is 1. The number of ether oxygens (including phenoxy) is 1. The summed E-state index contributed by atoms with van der Waals surface area (Å²) >= 11 is 1.10. The topological polar surface area (TPSA) is 97.0 Å². The molecule has 3 aromatic rings. The Balaban J connectivity index is 1.89. The first-order valence-corrected chi connectivity index (χ1v) is 8.57. The van der Waals surface area contributed by atoms with Crippen LogP contribution in [0, 0.1) is 12.7 Å². The number of carbonyl (C=O) groups is 1. The van der Waals surface area contributed by atoms with Gasteiger partial charge < -0.3 is 10.1 Å². The molecule has 134 valence electrons. The summed E-state index contributed by atoms with van der Waals surface area (Å²) in [6.07, 6.45) is 0. The van der Waals surface area contributed by atoms with Gasteiger partial charge in [-0.05, 0) is 38.1 Å². The number of anilines is 2. The zero-order valence-electron chi connectivity index (χ0n) is 14.0. The third-order valence-corrected chi connectivity index (χ3v) is 4.42. The molecule has 0 saturated heterocycles. The predicted molar refractivity (Wildman–Crippen MR) is 96.3 cm³/mol. The Kier molecular flexibility index (Phi) is 5.08.